The zero-order valence-corrected chi connectivity index (χ0v) is 10.5. The van der Waals surface area contributed by atoms with Gasteiger partial charge in [-0.15, -0.1) is 5.10 Å². The van der Waals surface area contributed by atoms with E-state index in [-0.39, 0.29) is 18.8 Å². The van der Waals surface area contributed by atoms with Crippen molar-refractivity contribution in [3.8, 4) is 0 Å². The zero-order valence-electron chi connectivity index (χ0n) is 10.5. The van der Waals surface area contributed by atoms with Gasteiger partial charge in [-0.1, -0.05) is 0 Å². The first-order chi connectivity index (χ1) is 8.82. The Balaban J connectivity index is 2.56. The highest BCUT2D eigenvalue weighted by Crippen LogP contribution is 2.21. The number of aryl methyl sites for hydroxylation is 1. The average Bonchev–Trinajstić information content (AvgIpc) is 2.73. The summed E-state index contributed by atoms with van der Waals surface area (Å²) in [5.41, 5.74) is -1.27. The molecule has 0 spiro atoms. The number of carboxylic acids is 1. The maximum absolute atomic E-state index is 12.0. The molecule has 0 bridgehead atoms. The Kier molecular flexibility index (Phi) is 3.14. The Labute approximate surface area is 107 Å². The van der Waals surface area contributed by atoms with Crippen molar-refractivity contribution < 1.29 is 15.0 Å². The number of hydrogen-bond donors (Lipinski definition) is 2. The third kappa shape index (κ3) is 2.12. The molecule has 1 aromatic heterocycles. The molecule has 0 aromatic carbocycles. The number of rotatable bonds is 2. The molecule has 2 unspecified atom stereocenters. The van der Waals surface area contributed by atoms with E-state index in [9.17, 15) is 19.5 Å². The van der Waals surface area contributed by atoms with Gasteiger partial charge in [0.25, 0.3) is 5.56 Å². The molecule has 2 rings (SSSR count). The number of carbonyl (C=O) groups is 1. The number of hydrogen-bond acceptors (Lipinski definition) is 6. The zero-order chi connectivity index (χ0) is 14.3. The largest absolute Gasteiger partial charge is 0.480 e. The number of nitrogens with zero attached hydrogens (tertiary/aromatic N) is 4. The minimum Gasteiger partial charge on any atom is -0.480 e. The van der Waals surface area contributed by atoms with Crippen LogP contribution in [0.15, 0.2) is 9.59 Å². The Hall–Kier alpha value is -2.16. The predicted molar refractivity (Wildman–Crippen MR) is 64.1 cm³/mol. The number of aromatic nitrogens is 3. The van der Waals surface area contributed by atoms with Gasteiger partial charge in [-0.2, -0.15) is 0 Å². The molecule has 1 aromatic rings. The lowest BCUT2D eigenvalue weighted by atomic mass is 10.2. The molecule has 2 heterocycles. The molecule has 0 aliphatic carbocycles. The van der Waals surface area contributed by atoms with Crippen molar-refractivity contribution in [2.75, 3.05) is 11.4 Å². The third-order valence-electron chi connectivity index (χ3n) is 3.14. The predicted octanol–water partition coefficient (Wildman–Crippen LogP) is -2.50. The van der Waals surface area contributed by atoms with Crippen molar-refractivity contribution in [1.82, 2.24) is 14.3 Å². The van der Waals surface area contributed by atoms with E-state index in [1.807, 2.05) is 0 Å². The van der Waals surface area contributed by atoms with Crippen molar-refractivity contribution in [1.29, 1.82) is 0 Å². The van der Waals surface area contributed by atoms with E-state index in [0.29, 0.717) is 0 Å². The van der Waals surface area contributed by atoms with Crippen molar-refractivity contribution in [2.45, 2.75) is 18.6 Å². The summed E-state index contributed by atoms with van der Waals surface area (Å²) in [5, 5.41) is 22.4. The first-order valence-electron chi connectivity index (χ1n) is 5.64. The van der Waals surface area contributed by atoms with Crippen LogP contribution in [0, 0.1) is 0 Å². The number of aliphatic hydroxyl groups excluding tert-OH is 1. The fraction of sp³-hybridized carbons (Fsp3) is 0.600. The quantitative estimate of drug-likeness (QED) is 0.610. The topological polar surface area (TPSA) is 118 Å². The number of anilines is 1. The second kappa shape index (κ2) is 4.50. The summed E-state index contributed by atoms with van der Waals surface area (Å²) in [5.74, 6) is -1.29. The summed E-state index contributed by atoms with van der Waals surface area (Å²) < 4.78 is 1.81. The van der Waals surface area contributed by atoms with Crippen molar-refractivity contribution in [2.24, 2.45) is 14.1 Å². The van der Waals surface area contributed by atoms with Gasteiger partial charge in [-0.25, -0.2) is 14.3 Å². The molecule has 9 nitrogen and oxygen atoms in total. The molecule has 1 fully saturated rings. The summed E-state index contributed by atoms with van der Waals surface area (Å²) >= 11 is 0. The monoisotopic (exact) mass is 270 g/mol. The van der Waals surface area contributed by atoms with Crippen LogP contribution in [0.4, 0.5) is 5.82 Å². The van der Waals surface area contributed by atoms with Crippen LogP contribution >= 0.6 is 0 Å². The number of β-amino-alcohol motifs (C(OH)–C–C–N with tert-alkyl or cyclic N) is 1. The van der Waals surface area contributed by atoms with Crippen LogP contribution in [0.5, 0.6) is 0 Å². The van der Waals surface area contributed by atoms with Gasteiger partial charge < -0.3 is 15.1 Å². The second-order valence-electron chi connectivity index (χ2n) is 4.49. The standard InChI is InChI=1S/C10H14N4O5/c1-12-8(16)7(11-13(2)10(12)19)14-4-5(15)3-6(14)9(17)18/h5-6,15H,3-4H2,1-2H3,(H,17,18). The van der Waals surface area contributed by atoms with E-state index in [0.717, 1.165) is 9.25 Å². The molecular weight excluding hydrogens is 256 g/mol. The molecule has 0 radical (unpaired) electrons. The normalized spacial score (nSPS) is 22.8. The molecule has 0 amide bonds. The SMILES string of the molecule is Cn1nc(N2CC(O)CC2C(=O)O)c(=O)n(C)c1=O. The molecule has 19 heavy (non-hydrogen) atoms. The molecule has 0 saturated carbocycles. The lowest BCUT2D eigenvalue weighted by molar-refractivity contribution is -0.138. The molecule has 9 heteroatoms. The van der Waals surface area contributed by atoms with E-state index in [1.165, 1.54) is 19.0 Å². The fourth-order valence-electron chi connectivity index (χ4n) is 2.14. The Morgan fingerprint density at radius 3 is 2.58 bits per heavy atom. The van der Waals surface area contributed by atoms with Gasteiger partial charge in [-0.3, -0.25) is 9.36 Å². The van der Waals surface area contributed by atoms with Crippen LogP contribution in [-0.4, -0.2) is 49.2 Å². The third-order valence-corrected chi connectivity index (χ3v) is 3.14. The van der Waals surface area contributed by atoms with Crippen LogP contribution in [0.3, 0.4) is 0 Å². The molecule has 1 aliphatic heterocycles. The lowest BCUT2D eigenvalue weighted by Gasteiger charge is -2.21. The minimum atomic E-state index is -1.14. The van der Waals surface area contributed by atoms with E-state index >= 15 is 0 Å². The van der Waals surface area contributed by atoms with E-state index in [4.69, 9.17) is 5.11 Å². The average molecular weight is 270 g/mol. The summed E-state index contributed by atoms with van der Waals surface area (Å²) in [6.07, 6.45) is -0.826. The van der Waals surface area contributed by atoms with Crippen molar-refractivity contribution >= 4 is 11.8 Å². The number of aliphatic carboxylic acids is 1. The minimum absolute atomic E-state index is 0.00257. The first kappa shape index (κ1) is 13.3. The molecular formula is C10H14N4O5. The summed E-state index contributed by atoms with van der Waals surface area (Å²) in [4.78, 5) is 35.8. The summed E-state index contributed by atoms with van der Waals surface area (Å²) in [6.45, 7) is -0.00257. The van der Waals surface area contributed by atoms with Crippen LogP contribution in [0.1, 0.15) is 6.42 Å². The fourth-order valence-corrected chi connectivity index (χ4v) is 2.14. The van der Waals surface area contributed by atoms with E-state index in [1.54, 1.807) is 0 Å². The van der Waals surface area contributed by atoms with Gasteiger partial charge >= 0.3 is 11.7 Å². The maximum Gasteiger partial charge on any atom is 0.346 e. The van der Waals surface area contributed by atoms with Crippen molar-refractivity contribution in [3.63, 3.8) is 0 Å². The highest BCUT2D eigenvalue weighted by atomic mass is 16.4. The van der Waals surface area contributed by atoms with Crippen molar-refractivity contribution in [3.05, 3.63) is 20.8 Å². The first-order valence-corrected chi connectivity index (χ1v) is 5.64. The summed E-state index contributed by atoms with van der Waals surface area (Å²) in [6, 6.07) is -1.02. The maximum atomic E-state index is 12.0. The van der Waals surface area contributed by atoms with Gasteiger partial charge in [0.2, 0.25) is 5.82 Å². The molecule has 2 atom stereocenters. The van der Waals surface area contributed by atoms with Crippen LogP contribution in [0.2, 0.25) is 0 Å². The highest BCUT2D eigenvalue weighted by molar-refractivity contribution is 5.78. The van der Waals surface area contributed by atoms with Crippen LogP contribution in [-0.2, 0) is 18.9 Å². The molecule has 104 valence electrons. The van der Waals surface area contributed by atoms with E-state index in [2.05, 4.69) is 5.10 Å². The smallest absolute Gasteiger partial charge is 0.346 e. The molecule has 2 N–H and O–H groups in total. The highest BCUT2D eigenvalue weighted by Gasteiger charge is 2.38. The Morgan fingerprint density at radius 1 is 1.37 bits per heavy atom. The Morgan fingerprint density at radius 2 is 2.00 bits per heavy atom. The molecule has 1 saturated heterocycles. The van der Waals surface area contributed by atoms with Gasteiger partial charge in [0, 0.05) is 27.1 Å². The van der Waals surface area contributed by atoms with Crippen LogP contribution in [0.25, 0.3) is 0 Å². The second-order valence-corrected chi connectivity index (χ2v) is 4.49. The molecule has 1 aliphatic rings. The van der Waals surface area contributed by atoms with Gasteiger partial charge in [-0.05, 0) is 0 Å². The summed E-state index contributed by atoms with van der Waals surface area (Å²) in [7, 11) is 2.66. The van der Waals surface area contributed by atoms with Crippen LogP contribution < -0.4 is 16.1 Å². The number of aliphatic hydroxyl groups is 1. The van der Waals surface area contributed by atoms with Gasteiger partial charge in [0.15, 0.2) is 0 Å². The Bertz CT molecular complexity index is 634. The lowest BCUT2D eigenvalue weighted by Crippen LogP contribution is -2.46. The van der Waals surface area contributed by atoms with Gasteiger partial charge in [0.1, 0.15) is 6.04 Å². The van der Waals surface area contributed by atoms with Gasteiger partial charge in [0.05, 0.1) is 6.10 Å². The number of carboxylic acid groups (broad SMARTS) is 1. The van der Waals surface area contributed by atoms with E-state index < -0.39 is 29.4 Å².